The number of fused-ring (bicyclic) bond motifs is 1. The smallest absolute Gasteiger partial charge is 0.284 e. The highest BCUT2D eigenvalue weighted by Crippen LogP contribution is 2.30. The maximum atomic E-state index is 12.0. The summed E-state index contributed by atoms with van der Waals surface area (Å²) in [5.74, 6) is 0.879. The predicted octanol–water partition coefficient (Wildman–Crippen LogP) is 2.29. The molecule has 112 valence electrons. The van der Waals surface area contributed by atoms with Crippen LogP contribution in [0.1, 0.15) is 11.1 Å². The van der Waals surface area contributed by atoms with E-state index in [1.54, 1.807) is 18.3 Å². The van der Waals surface area contributed by atoms with Crippen LogP contribution in [0.5, 0.6) is 11.5 Å². The fourth-order valence-electron chi connectivity index (χ4n) is 2.14. The number of hydrogen-bond acceptors (Lipinski definition) is 4. The number of hydrogen-bond donors (Lipinski definition) is 1. The number of nitrogens with zero attached hydrogens (tertiary/aromatic N) is 1. The molecule has 0 radical (unpaired) electrons. The second kappa shape index (κ2) is 6.30. The van der Waals surface area contributed by atoms with E-state index >= 15 is 0 Å². The first kappa shape index (κ1) is 14.1. The Morgan fingerprint density at radius 2 is 2.05 bits per heavy atom. The molecule has 2 aromatic rings. The Bertz CT molecular complexity index is 713. The Morgan fingerprint density at radius 3 is 2.86 bits per heavy atom. The van der Waals surface area contributed by atoms with Gasteiger partial charge in [-0.3, -0.25) is 4.79 Å². The Labute approximate surface area is 128 Å². The number of benzene rings is 2. The minimum atomic E-state index is -0.704. The maximum Gasteiger partial charge on any atom is 0.284 e. The number of para-hydroxylation sites is 2. The Hall–Kier alpha value is -2.82. The van der Waals surface area contributed by atoms with Crippen molar-refractivity contribution in [2.24, 2.45) is 5.10 Å². The van der Waals surface area contributed by atoms with Gasteiger partial charge in [-0.1, -0.05) is 42.0 Å². The fraction of sp³-hybridized carbons (Fsp3) is 0.176. The third-order valence-corrected chi connectivity index (χ3v) is 3.23. The normalized spacial score (nSPS) is 16.5. The van der Waals surface area contributed by atoms with E-state index in [2.05, 4.69) is 10.5 Å². The molecule has 0 fully saturated rings. The van der Waals surface area contributed by atoms with Gasteiger partial charge in [0.05, 0.1) is 6.21 Å². The van der Waals surface area contributed by atoms with Crippen LogP contribution in [0.25, 0.3) is 0 Å². The average molecular weight is 296 g/mol. The predicted molar refractivity (Wildman–Crippen MR) is 83.3 cm³/mol. The van der Waals surface area contributed by atoms with Crippen molar-refractivity contribution in [3.8, 4) is 11.5 Å². The maximum absolute atomic E-state index is 12.0. The Kier molecular flexibility index (Phi) is 4.05. The number of nitrogens with one attached hydrogen (secondary N) is 1. The van der Waals surface area contributed by atoms with Gasteiger partial charge in [0.2, 0.25) is 6.10 Å². The van der Waals surface area contributed by atoms with E-state index in [0.29, 0.717) is 11.5 Å². The van der Waals surface area contributed by atoms with Crippen molar-refractivity contribution >= 4 is 12.1 Å². The zero-order valence-electron chi connectivity index (χ0n) is 12.2. The van der Waals surface area contributed by atoms with Gasteiger partial charge in [0.1, 0.15) is 6.61 Å². The number of rotatable bonds is 3. The molecule has 0 unspecified atom stereocenters. The van der Waals surface area contributed by atoms with Crippen molar-refractivity contribution in [3.05, 3.63) is 59.7 Å². The summed E-state index contributed by atoms with van der Waals surface area (Å²) in [6, 6.07) is 15.1. The van der Waals surface area contributed by atoms with Gasteiger partial charge in [-0.05, 0) is 24.6 Å². The van der Waals surface area contributed by atoms with Gasteiger partial charge in [0.25, 0.3) is 5.91 Å². The van der Waals surface area contributed by atoms with Crippen LogP contribution in [-0.4, -0.2) is 24.8 Å². The Balaban J connectivity index is 1.59. The molecular formula is C17H16N2O3. The highest BCUT2D eigenvalue weighted by molar-refractivity contribution is 5.85. The van der Waals surface area contributed by atoms with Crippen molar-refractivity contribution in [1.29, 1.82) is 0 Å². The average Bonchev–Trinajstić information content (AvgIpc) is 2.54. The van der Waals surface area contributed by atoms with E-state index in [4.69, 9.17) is 9.47 Å². The number of aryl methyl sites for hydroxylation is 1. The molecule has 2 aromatic carbocycles. The molecule has 1 atom stereocenters. The van der Waals surface area contributed by atoms with Gasteiger partial charge in [-0.2, -0.15) is 5.10 Å². The second-order valence-corrected chi connectivity index (χ2v) is 5.01. The van der Waals surface area contributed by atoms with E-state index in [-0.39, 0.29) is 12.5 Å². The highest BCUT2D eigenvalue weighted by Gasteiger charge is 2.26. The molecule has 1 N–H and O–H groups in total. The molecule has 22 heavy (non-hydrogen) atoms. The third-order valence-electron chi connectivity index (χ3n) is 3.23. The molecule has 0 spiro atoms. The summed E-state index contributed by atoms with van der Waals surface area (Å²) < 4.78 is 11.1. The highest BCUT2D eigenvalue weighted by atomic mass is 16.6. The van der Waals surface area contributed by atoms with E-state index in [1.807, 2.05) is 43.3 Å². The molecule has 1 aliphatic rings. The summed E-state index contributed by atoms with van der Waals surface area (Å²) in [4.78, 5) is 12.0. The number of carbonyl (C=O) groups is 1. The standard InChI is InChI=1S/C17H16N2O3/c1-12-5-4-6-13(9-12)10-18-19-17(20)16-11-21-14-7-2-3-8-15(14)22-16/h2-10,16H,11H2,1H3,(H,19,20)/b18-10-/t16-/m1/s1. The quantitative estimate of drug-likeness (QED) is 0.698. The van der Waals surface area contributed by atoms with Crippen LogP contribution in [0, 0.1) is 6.92 Å². The van der Waals surface area contributed by atoms with Gasteiger partial charge in [0, 0.05) is 0 Å². The summed E-state index contributed by atoms with van der Waals surface area (Å²) in [6.45, 7) is 2.17. The number of ether oxygens (including phenoxy) is 2. The van der Waals surface area contributed by atoms with Crippen LogP contribution in [0.3, 0.4) is 0 Å². The lowest BCUT2D eigenvalue weighted by Crippen LogP contribution is -2.42. The van der Waals surface area contributed by atoms with Crippen LogP contribution in [0.15, 0.2) is 53.6 Å². The molecule has 1 aliphatic heterocycles. The summed E-state index contributed by atoms with van der Waals surface area (Å²) in [7, 11) is 0. The summed E-state index contributed by atoms with van der Waals surface area (Å²) in [6.07, 6.45) is 0.896. The van der Waals surface area contributed by atoms with Crippen molar-refractivity contribution in [2.45, 2.75) is 13.0 Å². The lowest BCUT2D eigenvalue weighted by atomic mass is 10.2. The van der Waals surface area contributed by atoms with Crippen LogP contribution in [0.4, 0.5) is 0 Å². The minimum Gasteiger partial charge on any atom is -0.485 e. The first-order chi connectivity index (χ1) is 10.7. The molecule has 0 saturated heterocycles. The van der Waals surface area contributed by atoms with Gasteiger partial charge in [-0.15, -0.1) is 0 Å². The molecule has 3 rings (SSSR count). The molecule has 0 saturated carbocycles. The van der Waals surface area contributed by atoms with Crippen LogP contribution >= 0.6 is 0 Å². The molecule has 0 bridgehead atoms. The number of hydrazone groups is 1. The number of carbonyl (C=O) groups excluding carboxylic acids is 1. The minimum absolute atomic E-state index is 0.169. The monoisotopic (exact) mass is 296 g/mol. The largest absolute Gasteiger partial charge is 0.485 e. The number of amides is 1. The fourth-order valence-corrected chi connectivity index (χ4v) is 2.14. The molecule has 1 amide bonds. The zero-order chi connectivity index (χ0) is 15.4. The summed E-state index contributed by atoms with van der Waals surface area (Å²) in [5.41, 5.74) is 4.53. The van der Waals surface area contributed by atoms with Gasteiger partial charge < -0.3 is 9.47 Å². The zero-order valence-corrected chi connectivity index (χ0v) is 12.2. The first-order valence-corrected chi connectivity index (χ1v) is 7.00. The van der Waals surface area contributed by atoms with Crippen molar-refractivity contribution < 1.29 is 14.3 Å². The van der Waals surface area contributed by atoms with Gasteiger partial charge in [0.15, 0.2) is 11.5 Å². The molecule has 1 heterocycles. The topological polar surface area (TPSA) is 59.9 Å². The molecule has 5 nitrogen and oxygen atoms in total. The summed E-state index contributed by atoms with van der Waals surface area (Å²) >= 11 is 0. The van der Waals surface area contributed by atoms with E-state index < -0.39 is 6.10 Å². The SMILES string of the molecule is Cc1cccc(/C=N\NC(=O)[C@H]2COc3ccccc3O2)c1. The van der Waals surface area contributed by atoms with Crippen molar-refractivity contribution in [2.75, 3.05) is 6.61 Å². The Morgan fingerprint density at radius 1 is 1.23 bits per heavy atom. The van der Waals surface area contributed by atoms with Gasteiger partial charge in [-0.25, -0.2) is 5.43 Å². The summed E-state index contributed by atoms with van der Waals surface area (Å²) in [5, 5.41) is 3.95. The van der Waals surface area contributed by atoms with Crippen molar-refractivity contribution in [3.63, 3.8) is 0 Å². The van der Waals surface area contributed by atoms with E-state index in [9.17, 15) is 4.79 Å². The lowest BCUT2D eigenvalue weighted by Gasteiger charge is -2.24. The van der Waals surface area contributed by atoms with Crippen LogP contribution in [-0.2, 0) is 4.79 Å². The van der Waals surface area contributed by atoms with Crippen molar-refractivity contribution in [1.82, 2.24) is 5.43 Å². The second-order valence-electron chi connectivity index (χ2n) is 5.01. The van der Waals surface area contributed by atoms with E-state index in [0.717, 1.165) is 11.1 Å². The lowest BCUT2D eigenvalue weighted by molar-refractivity contribution is -0.130. The third kappa shape index (κ3) is 3.25. The molecular weight excluding hydrogens is 280 g/mol. The molecule has 5 heteroatoms. The molecule has 0 aliphatic carbocycles. The van der Waals surface area contributed by atoms with Gasteiger partial charge >= 0.3 is 0 Å². The first-order valence-electron chi connectivity index (χ1n) is 7.00. The van der Waals surface area contributed by atoms with Crippen LogP contribution in [0.2, 0.25) is 0 Å². The van der Waals surface area contributed by atoms with E-state index in [1.165, 1.54) is 0 Å². The van der Waals surface area contributed by atoms with Crippen LogP contribution < -0.4 is 14.9 Å². The molecule has 0 aromatic heterocycles.